The summed E-state index contributed by atoms with van der Waals surface area (Å²) in [6.45, 7) is 3.23. The molecule has 0 aliphatic rings. The highest BCUT2D eigenvalue weighted by Crippen LogP contribution is 2.12. The van der Waals surface area contributed by atoms with Gasteiger partial charge in [-0.25, -0.2) is 8.42 Å². The fourth-order valence-electron chi connectivity index (χ4n) is 1.11. The number of rotatable bonds is 5. The van der Waals surface area contributed by atoms with Gasteiger partial charge in [-0.1, -0.05) is 13.8 Å². The molecule has 0 saturated carbocycles. The van der Waals surface area contributed by atoms with Gasteiger partial charge < -0.3 is 9.52 Å². The molecular formula is C9H13NO5S. The molecule has 0 aromatic carbocycles. The second kappa shape index (κ2) is 4.67. The Balaban J connectivity index is 2.92. The second-order valence-electron chi connectivity index (χ2n) is 3.61. The summed E-state index contributed by atoms with van der Waals surface area (Å²) in [5.41, 5.74) is 0. The third-order valence-corrected chi connectivity index (χ3v) is 3.30. The summed E-state index contributed by atoms with van der Waals surface area (Å²) in [6, 6.07) is 1.50. The van der Waals surface area contributed by atoms with Crippen molar-refractivity contribution in [1.29, 1.82) is 0 Å². The van der Waals surface area contributed by atoms with Crippen LogP contribution in [0.3, 0.4) is 0 Å². The maximum absolute atomic E-state index is 11.6. The zero-order valence-electron chi connectivity index (χ0n) is 8.88. The van der Waals surface area contributed by atoms with Gasteiger partial charge >= 0.3 is 5.97 Å². The number of aliphatic carboxylic acids is 1. The van der Waals surface area contributed by atoms with Crippen molar-refractivity contribution in [3.63, 3.8) is 0 Å². The van der Waals surface area contributed by atoms with E-state index in [-0.39, 0.29) is 11.0 Å². The number of furan rings is 1. The van der Waals surface area contributed by atoms with Crippen molar-refractivity contribution in [3.05, 3.63) is 18.4 Å². The summed E-state index contributed by atoms with van der Waals surface area (Å²) in [7, 11) is -3.90. The van der Waals surface area contributed by atoms with Gasteiger partial charge in [0.05, 0.1) is 6.26 Å². The molecule has 1 aromatic rings. The number of carbonyl (C=O) groups is 1. The number of carboxylic acids is 1. The molecule has 0 amide bonds. The molecule has 16 heavy (non-hydrogen) atoms. The van der Waals surface area contributed by atoms with Crippen LogP contribution in [0, 0.1) is 5.92 Å². The van der Waals surface area contributed by atoms with Crippen LogP contribution >= 0.6 is 0 Å². The first-order valence-electron chi connectivity index (χ1n) is 4.63. The van der Waals surface area contributed by atoms with Crippen LogP contribution in [-0.4, -0.2) is 25.5 Å². The van der Waals surface area contributed by atoms with E-state index in [0.29, 0.717) is 0 Å². The molecule has 0 spiro atoms. The largest absolute Gasteiger partial charge is 0.480 e. The molecule has 0 aliphatic carbocycles. The fourth-order valence-corrected chi connectivity index (χ4v) is 2.38. The second-order valence-corrected chi connectivity index (χ2v) is 5.26. The van der Waals surface area contributed by atoms with E-state index in [4.69, 9.17) is 9.52 Å². The highest BCUT2D eigenvalue weighted by molar-refractivity contribution is 7.89. The third-order valence-electron chi connectivity index (χ3n) is 1.97. The van der Waals surface area contributed by atoms with E-state index in [1.54, 1.807) is 13.8 Å². The zero-order chi connectivity index (χ0) is 12.3. The molecule has 6 nitrogen and oxygen atoms in total. The predicted octanol–water partition coefficient (Wildman–Crippen LogP) is 0.667. The molecule has 0 fully saturated rings. The van der Waals surface area contributed by atoms with Gasteiger partial charge in [-0.3, -0.25) is 4.79 Å². The smallest absolute Gasteiger partial charge is 0.322 e. The van der Waals surface area contributed by atoms with Gasteiger partial charge in [0.15, 0.2) is 0 Å². The first-order valence-corrected chi connectivity index (χ1v) is 6.11. The third kappa shape index (κ3) is 2.83. The highest BCUT2D eigenvalue weighted by atomic mass is 32.2. The van der Waals surface area contributed by atoms with Crippen LogP contribution in [0.1, 0.15) is 13.8 Å². The van der Waals surface area contributed by atoms with Crippen LogP contribution in [0.4, 0.5) is 0 Å². The van der Waals surface area contributed by atoms with Crippen molar-refractivity contribution in [2.75, 3.05) is 0 Å². The molecule has 90 valence electrons. The lowest BCUT2D eigenvalue weighted by molar-refractivity contribution is -0.140. The van der Waals surface area contributed by atoms with E-state index < -0.39 is 22.0 Å². The van der Waals surface area contributed by atoms with Gasteiger partial charge in [-0.2, -0.15) is 4.72 Å². The minimum Gasteiger partial charge on any atom is -0.480 e. The Hall–Kier alpha value is -1.34. The lowest BCUT2D eigenvalue weighted by atomic mass is 10.1. The normalized spacial score (nSPS) is 13.9. The number of hydrogen-bond acceptors (Lipinski definition) is 4. The summed E-state index contributed by atoms with van der Waals surface area (Å²) >= 11 is 0. The van der Waals surface area contributed by atoms with E-state index in [0.717, 1.165) is 0 Å². The van der Waals surface area contributed by atoms with Gasteiger partial charge in [0.25, 0.3) is 10.0 Å². The Bertz CT molecular complexity index is 448. The molecule has 0 saturated heterocycles. The SMILES string of the molecule is CC(C)[C@H](NS(=O)(=O)c1ccco1)C(=O)O. The van der Waals surface area contributed by atoms with Crippen molar-refractivity contribution < 1.29 is 22.7 Å². The molecular weight excluding hydrogens is 234 g/mol. The molecule has 1 atom stereocenters. The Kier molecular flexibility index (Phi) is 3.71. The van der Waals surface area contributed by atoms with Crippen molar-refractivity contribution in [3.8, 4) is 0 Å². The van der Waals surface area contributed by atoms with E-state index >= 15 is 0 Å². The Morgan fingerprint density at radius 3 is 2.50 bits per heavy atom. The van der Waals surface area contributed by atoms with Crippen LogP contribution in [0.25, 0.3) is 0 Å². The van der Waals surface area contributed by atoms with Crippen molar-refractivity contribution >= 4 is 16.0 Å². The van der Waals surface area contributed by atoms with Crippen LogP contribution in [0.5, 0.6) is 0 Å². The minimum absolute atomic E-state index is 0.292. The molecule has 2 N–H and O–H groups in total. The van der Waals surface area contributed by atoms with Crippen molar-refractivity contribution in [2.24, 2.45) is 5.92 Å². The Morgan fingerprint density at radius 2 is 2.12 bits per heavy atom. The van der Waals surface area contributed by atoms with E-state index in [1.807, 2.05) is 0 Å². The first-order chi connectivity index (χ1) is 7.34. The summed E-state index contributed by atoms with van der Waals surface area (Å²) < 4.78 is 30.1. The van der Waals surface area contributed by atoms with E-state index in [1.165, 1.54) is 18.4 Å². The summed E-state index contributed by atoms with van der Waals surface area (Å²) in [5.74, 6) is -1.58. The van der Waals surface area contributed by atoms with Crippen molar-refractivity contribution in [2.45, 2.75) is 25.0 Å². The van der Waals surface area contributed by atoms with Crippen LogP contribution in [-0.2, 0) is 14.8 Å². The zero-order valence-corrected chi connectivity index (χ0v) is 9.69. The standard InChI is InChI=1S/C9H13NO5S/c1-6(2)8(9(11)12)10-16(13,14)7-4-3-5-15-7/h3-6,8,10H,1-2H3,(H,11,12)/t8-/m0/s1. The number of nitrogens with one attached hydrogen (secondary N) is 1. The molecule has 0 aliphatic heterocycles. The van der Waals surface area contributed by atoms with Crippen LogP contribution < -0.4 is 4.72 Å². The molecule has 0 radical (unpaired) electrons. The average Bonchev–Trinajstić information content (AvgIpc) is 2.66. The molecule has 7 heteroatoms. The molecule has 0 unspecified atom stereocenters. The lowest BCUT2D eigenvalue weighted by Gasteiger charge is -2.16. The molecule has 0 bridgehead atoms. The van der Waals surface area contributed by atoms with E-state index in [2.05, 4.69) is 4.72 Å². The van der Waals surface area contributed by atoms with Gasteiger partial charge in [-0.15, -0.1) is 0 Å². The molecule has 1 rings (SSSR count). The minimum atomic E-state index is -3.90. The topological polar surface area (TPSA) is 96.6 Å². The Morgan fingerprint density at radius 1 is 1.50 bits per heavy atom. The average molecular weight is 247 g/mol. The van der Waals surface area contributed by atoms with Gasteiger partial charge in [-0.05, 0) is 18.1 Å². The first kappa shape index (κ1) is 12.7. The van der Waals surface area contributed by atoms with Crippen molar-refractivity contribution in [1.82, 2.24) is 4.72 Å². The summed E-state index contributed by atoms with van der Waals surface area (Å²) in [6.07, 6.45) is 1.21. The van der Waals surface area contributed by atoms with E-state index in [9.17, 15) is 13.2 Å². The molecule has 1 aromatic heterocycles. The maximum Gasteiger partial charge on any atom is 0.322 e. The Labute approximate surface area is 93.3 Å². The number of hydrogen-bond donors (Lipinski definition) is 2. The predicted molar refractivity (Wildman–Crippen MR) is 55.3 cm³/mol. The maximum atomic E-state index is 11.6. The highest BCUT2D eigenvalue weighted by Gasteiger charge is 2.29. The summed E-state index contributed by atoms with van der Waals surface area (Å²) in [5, 5.41) is 8.55. The molecule has 1 heterocycles. The van der Waals surface area contributed by atoms with Gasteiger partial charge in [0.2, 0.25) is 5.09 Å². The quantitative estimate of drug-likeness (QED) is 0.797. The number of carboxylic acid groups (broad SMARTS) is 1. The fraction of sp³-hybridized carbons (Fsp3) is 0.444. The summed E-state index contributed by atoms with van der Waals surface area (Å²) in [4.78, 5) is 10.8. The van der Waals surface area contributed by atoms with Gasteiger partial charge in [0.1, 0.15) is 6.04 Å². The van der Waals surface area contributed by atoms with Crippen LogP contribution in [0.2, 0.25) is 0 Å². The van der Waals surface area contributed by atoms with Gasteiger partial charge in [0, 0.05) is 0 Å². The lowest BCUT2D eigenvalue weighted by Crippen LogP contribution is -2.44. The number of sulfonamides is 1. The van der Waals surface area contributed by atoms with Crippen LogP contribution in [0.15, 0.2) is 27.9 Å². The monoisotopic (exact) mass is 247 g/mol.